The van der Waals surface area contributed by atoms with Crippen molar-refractivity contribution in [2.45, 2.75) is 38.4 Å². The number of likely N-dealkylation sites (tertiary alicyclic amines) is 1. The largest absolute Gasteiger partial charge is 0.303 e. The SMILES string of the molecule is Cc1ccc(CSCCN2CCCCCC2)cc1. The van der Waals surface area contributed by atoms with Crippen molar-refractivity contribution in [1.82, 2.24) is 4.90 Å². The number of rotatable bonds is 5. The molecule has 100 valence electrons. The smallest absolute Gasteiger partial charge is 0.0185 e. The molecule has 0 amide bonds. The van der Waals surface area contributed by atoms with Crippen molar-refractivity contribution in [3.63, 3.8) is 0 Å². The number of nitrogens with zero attached hydrogens (tertiary/aromatic N) is 1. The Labute approximate surface area is 116 Å². The third-order valence-electron chi connectivity index (χ3n) is 3.64. The van der Waals surface area contributed by atoms with E-state index < -0.39 is 0 Å². The van der Waals surface area contributed by atoms with Gasteiger partial charge in [0.1, 0.15) is 0 Å². The van der Waals surface area contributed by atoms with Gasteiger partial charge in [0.2, 0.25) is 0 Å². The first-order chi connectivity index (χ1) is 8.84. The second-order valence-electron chi connectivity index (χ2n) is 5.29. The molecule has 0 radical (unpaired) electrons. The van der Waals surface area contributed by atoms with Gasteiger partial charge in [-0.3, -0.25) is 0 Å². The fourth-order valence-electron chi connectivity index (χ4n) is 2.43. The third kappa shape index (κ3) is 5.03. The highest BCUT2D eigenvalue weighted by Crippen LogP contribution is 2.14. The van der Waals surface area contributed by atoms with Crippen LogP contribution in [0.3, 0.4) is 0 Å². The number of thioether (sulfide) groups is 1. The molecule has 0 spiro atoms. The van der Waals surface area contributed by atoms with E-state index in [1.54, 1.807) is 0 Å². The highest BCUT2D eigenvalue weighted by molar-refractivity contribution is 7.98. The zero-order valence-electron chi connectivity index (χ0n) is 11.5. The van der Waals surface area contributed by atoms with Gasteiger partial charge in [0, 0.05) is 18.1 Å². The van der Waals surface area contributed by atoms with Crippen LogP contribution >= 0.6 is 11.8 Å². The topological polar surface area (TPSA) is 3.24 Å². The van der Waals surface area contributed by atoms with Crippen LogP contribution in [0.25, 0.3) is 0 Å². The quantitative estimate of drug-likeness (QED) is 0.736. The van der Waals surface area contributed by atoms with Gasteiger partial charge in [-0.05, 0) is 38.4 Å². The second-order valence-corrected chi connectivity index (χ2v) is 6.40. The number of hydrogen-bond acceptors (Lipinski definition) is 2. The van der Waals surface area contributed by atoms with Crippen LogP contribution in [-0.2, 0) is 5.75 Å². The van der Waals surface area contributed by atoms with Crippen molar-refractivity contribution in [1.29, 1.82) is 0 Å². The van der Waals surface area contributed by atoms with Crippen LogP contribution < -0.4 is 0 Å². The van der Waals surface area contributed by atoms with Crippen molar-refractivity contribution in [3.05, 3.63) is 35.4 Å². The summed E-state index contributed by atoms with van der Waals surface area (Å²) in [6.45, 7) is 6.07. The molecule has 1 heterocycles. The average Bonchev–Trinajstić information content (AvgIpc) is 2.65. The summed E-state index contributed by atoms with van der Waals surface area (Å²) in [4.78, 5) is 2.65. The third-order valence-corrected chi connectivity index (χ3v) is 4.65. The Morgan fingerprint density at radius 1 is 1.00 bits per heavy atom. The minimum atomic E-state index is 1.16. The van der Waals surface area contributed by atoms with Crippen molar-refractivity contribution >= 4 is 11.8 Å². The van der Waals surface area contributed by atoms with E-state index in [-0.39, 0.29) is 0 Å². The fraction of sp³-hybridized carbons (Fsp3) is 0.625. The summed E-state index contributed by atoms with van der Waals surface area (Å²) in [7, 11) is 0. The summed E-state index contributed by atoms with van der Waals surface area (Å²) in [5.41, 5.74) is 2.81. The van der Waals surface area contributed by atoms with Gasteiger partial charge in [-0.2, -0.15) is 11.8 Å². The van der Waals surface area contributed by atoms with E-state index in [4.69, 9.17) is 0 Å². The molecule has 0 aliphatic carbocycles. The lowest BCUT2D eigenvalue weighted by Crippen LogP contribution is -2.27. The molecule has 2 rings (SSSR count). The maximum absolute atomic E-state index is 2.65. The van der Waals surface area contributed by atoms with Crippen LogP contribution in [0.15, 0.2) is 24.3 Å². The maximum atomic E-state index is 2.65. The van der Waals surface area contributed by atoms with Crippen LogP contribution in [0.1, 0.15) is 36.8 Å². The molecule has 1 saturated heterocycles. The van der Waals surface area contributed by atoms with Gasteiger partial charge in [-0.25, -0.2) is 0 Å². The molecule has 18 heavy (non-hydrogen) atoms. The first-order valence-electron chi connectivity index (χ1n) is 7.20. The lowest BCUT2D eigenvalue weighted by atomic mass is 10.2. The van der Waals surface area contributed by atoms with Gasteiger partial charge >= 0.3 is 0 Å². The predicted octanol–water partition coefficient (Wildman–Crippen LogP) is 4.10. The molecule has 0 N–H and O–H groups in total. The van der Waals surface area contributed by atoms with Gasteiger partial charge in [0.15, 0.2) is 0 Å². The lowest BCUT2D eigenvalue weighted by molar-refractivity contribution is 0.303. The zero-order chi connectivity index (χ0) is 12.6. The summed E-state index contributed by atoms with van der Waals surface area (Å²) in [5.74, 6) is 2.43. The van der Waals surface area contributed by atoms with E-state index in [0.717, 1.165) is 5.75 Å². The predicted molar refractivity (Wildman–Crippen MR) is 82.2 cm³/mol. The van der Waals surface area contributed by atoms with Gasteiger partial charge in [0.05, 0.1) is 0 Å². The van der Waals surface area contributed by atoms with Crippen LogP contribution in [0.2, 0.25) is 0 Å². The van der Waals surface area contributed by atoms with Crippen LogP contribution in [0.4, 0.5) is 0 Å². The molecular weight excluding hydrogens is 238 g/mol. The molecule has 1 aliphatic heterocycles. The molecule has 1 aliphatic rings. The van der Waals surface area contributed by atoms with Crippen molar-refractivity contribution < 1.29 is 0 Å². The Bertz CT molecular complexity index is 325. The monoisotopic (exact) mass is 263 g/mol. The van der Waals surface area contributed by atoms with E-state index >= 15 is 0 Å². The molecule has 0 saturated carbocycles. The Morgan fingerprint density at radius 3 is 2.33 bits per heavy atom. The fourth-order valence-corrected chi connectivity index (χ4v) is 3.39. The molecule has 1 aromatic carbocycles. The normalized spacial score (nSPS) is 17.6. The highest BCUT2D eigenvalue weighted by atomic mass is 32.2. The van der Waals surface area contributed by atoms with Crippen molar-refractivity contribution in [3.8, 4) is 0 Å². The number of benzene rings is 1. The molecule has 1 aromatic rings. The van der Waals surface area contributed by atoms with Gasteiger partial charge in [-0.1, -0.05) is 42.7 Å². The Balaban J connectivity index is 1.61. The average molecular weight is 263 g/mol. The molecule has 0 bridgehead atoms. The molecule has 0 unspecified atom stereocenters. The molecule has 2 heteroatoms. The highest BCUT2D eigenvalue weighted by Gasteiger charge is 2.07. The first kappa shape index (κ1) is 14.0. The molecule has 1 nitrogen and oxygen atoms in total. The number of hydrogen-bond donors (Lipinski definition) is 0. The van der Waals surface area contributed by atoms with Crippen LogP contribution in [0, 0.1) is 6.92 Å². The minimum Gasteiger partial charge on any atom is -0.303 e. The van der Waals surface area contributed by atoms with E-state index in [1.807, 2.05) is 0 Å². The van der Waals surface area contributed by atoms with Crippen molar-refractivity contribution in [2.75, 3.05) is 25.4 Å². The molecular formula is C16H25NS. The molecule has 0 aromatic heterocycles. The van der Waals surface area contributed by atoms with E-state index in [2.05, 4.69) is 47.9 Å². The molecule has 0 atom stereocenters. The Kier molecular flexibility index (Phi) is 6.09. The van der Waals surface area contributed by atoms with E-state index in [9.17, 15) is 0 Å². The lowest BCUT2D eigenvalue weighted by Gasteiger charge is -2.19. The first-order valence-corrected chi connectivity index (χ1v) is 8.36. The summed E-state index contributed by atoms with van der Waals surface area (Å²) in [5, 5.41) is 0. The van der Waals surface area contributed by atoms with Gasteiger partial charge in [0.25, 0.3) is 0 Å². The van der Waals surface area contributed by atoms with E-state index in [0.29, 0.717) is 0 Å². The van der Waals surface area contributed by atoms with Crippen LogP contribution in [-0.4, -0.2) is 30.3 Å². The summed E-state index contributed by atoms with van der Waals surface area (Å²) in [6, 6.07) is 8.94. The maximum Gasteiger partial charge on any atom is 0.0185 e. The summed E-state index contributed by atoms with van der Waals surface area (Å²) < 4.78 is 0. The van der Waals surface area contributed by atoms with E-state index in [1.165, 1.54) is 62.2 Å². The second kappa shape index (κ2) is 7.85. The van der Waals surface area contributed by atoms with Gasteiger partial charge < -0.3 is 4.90 Å². The standard InChI is InChI=1S/C16H25NS/c1-15-6-8-16(9-7-15)14-18-13-12-17-10-4-2-3-5-11-17/h6-9H,2-5,10-14H2,1H3. The zero-order valence-corrected chi connectivity index (χ0v) is 12.3. The van der Waals surface area contributed by atoms with Gasteiger partial charge in [-0.15, -0.1) is 0 Å². The van der Waals surface area contributed by atoms with Crippen LogP contribution in [0.5, 0.6) is 0 Å². The Morgan fingerprint density at radius 2 is 1.67 bits per heavy atom. The van der Waals surface area contributed by atoms with Crippen molar-refractivity contribution in [2.24, 2.45) is 0 Å². The summed E-state index contributed by atoms with van der Waals surface area (Å²) in [6.07, 6.45) is 5.69. The summed E-state index contributed by atoms with van der Waals surface area (Å²) >= 11 is 2.07. The molecule has 1 fully saturated rings. The Hall–Kier alpha value is -0.470. The number of aryl methyl sites for hydroxylation is 1. The minimum absolute atomic E-state index is 1.16.